The largest absolute Gasteiger partial charge is 0.361 e. The highest BCUT2D eigenvalue weighted by Gasteiger charge is 2.21. The second-order valence-corrected chi connectivity index (χ2v) is 4.49. The van der Waals surface area contributed by atoms with E-state index in [9.17, 15) is 9.46 Å². The average Bonchev–Trinajstić information content (AvgIpc) is 2.34. The minimum absolute atomic E-state index is 0.0990. The summed E-state index contributed by atoms with van der Waals surface area (Å²) in [7, 11) is -3.52. The highest BCUT2D eigenvalue weighted by molar-refractivity contribution is 7.51. The Morgan fingerprint density at radius 2 is 2.46 bits per heavy atom. The Morgan fingerprint density at radius 3 is 2.92 bits per heavy atom. The summed E-state index contributed by atoms with van der Waals surface area (Å²) >= 11 is 0. The van der Waals surface area contributed by atoms with E-state index < -0.39 is 7.60 Å². The number of aryl methyl sites for hydroxylation is 1. The molecule has 6 heteroatoms. The van der Waals surface area contributed by atoms with Crippen LogP contribution in [0.15, 0.2) is 10.6 Å². The second kappa shape index (κ2) is 4.05. The molecule has 0 aliphatic carbocycles. The van der Waals surface area contributed by atoms with Gasteiger partial charge >= 0.3 is 7.60 Å². The van der Waals surface area contributed by atoms with E-state index in [0.717, 1.165) is 0 Å². The summed E-state index contributed by atoms with van der Waals surface area (Å²) in [6.07, 6.45) is -0.0990. The molecule has 0 saturated heterocycles. The smallest absolute Gasteiger partial charge is 0.334 e. The highest BCUT2D eigenvalue weighted by atomic mass is 31.2. The van der Waals surface area contributed by atoms with Gasteiger partial charge in [-0.1, -0.05) is 5.16 Å². The Balaban J connectivity index is 2.63. The van der Waals surface area contributed by atoms with Crippen LogP contribution >= 0.6 is 7.60 Å². The van der Waals surface area contributed by atoms with Gasteiger partial charge in [-0.15, -0.1) is 0 Å². The van der Waals surface area contributed by atoms with Gasteiger partial charge < -0.3 is 13.9 Å². The SMILES string of the molecule is CCOP(=O)(O)Cc1cc(C)on1. The van der Waals surface area contributed by atoms with Crippen LogP contribution in [0.5, 0.6) is 0 Å². The molecule has 1 unspecified atom stereocenters. The first-order valence-electron chi connectivity index (χ1n) is 3.92. The Kier molecular flexibility index (Phi) is 3.25. The van der Waals surface area contributed by atoms with E-state index in [-0.39, 0.29) is 12.8 Å². The molecule has 0 bridgehead atoms. The van der Waals surface area contributed by atoms with E-state index in [1.165, 1.54) is 0 Å². The molecular weight excluding hydrogens is 193 g/mol. The first kappa shape index (κ1) is 10.4. The Bertz CT molecular complexity index is 322. The first-order valence-corrected chi connectivity index (χ1v) is 5.68. The molecule has 13 heavy (non-hydrogen) atoms. The highest BCUT2D eigenvalue weighted by Crippen LogP contribution is 2.45. The van der Waals surface area contributed by atoms with Crippen LogP contribution in [-0.2, 0) is 15.3 Å². The summed E-state index contributed by atoms with van der Waals surface area (Å²) in [6, 6.07) is 1.61. The minimum atomic E-state index is -3.52. The maximum atomic E-state index is 11.2. The lowest BCUT2D eigenvalue weighted by atomic mass is 10.4. The lowest BCUT2D eigenvalue weighted by Gasteiger charge is -2.07. The lowest BCUT2D eigenvalue weighted by molar-refractivity contribution is 0.271. The molecule has 5 nitrogen and oxygen atoms in total. The Morgan fingerprint density at radius 1 is 1.77 bits per heavy atom. The molecule has 1 atom stereocenters. The molecule has 1 heterocycles. The summed E-state index contributed by atoms with van der Waals surface area (Å²) < 4.78 is 20.7. The molecule has 0 aliphatic heterocycles. The third-order valence-corrected chi connectivity index (χ3v) is 2.75. The van der Waals surface area contributed by atoms with E-state index in [1.54, 1.807) is 19.9 Å². The second-order valence-electron chi connectivity index (χ2n) is 2.64. The fraction of sp³-hybridized carbons (Fsp3) is 0.571. The normalized spacial score (nSPS) is 15.6. The van der Waals surface area contributed by atoms with Crippen molar-refractivity contribution in [2.75, 3.05) is 6.61 Å². The standard InChI is InChI=1S/C7H12NO4P/c1-3-11-13(9,10)5-7-4-6(2)12-8-7/h4H,3,5H2,1-2H3,(H,9,10). The Labute approximate surface area is 76.2 Å². The van der Waals surface area contributed by atoms with Crippen molar-refractivity contribution in [3.63, 3.8) is 0 Å². The molecule has 1 aromatic heterocycles. The molecule has 0 radical (unpaired) electrons. The molecular formula is C7H12NO4P. The zero-order valence-corrected chi connectivity index (χ0v) is 8.45. The van der Waals surface area contributed by atoms with Gasteiger partial charge in [-0.2, -0.15) is 0 Å². The van der Waals surface area contributed by atoms with E-state index in [4.69, 9.17) is 4.52 Å². The molecule has 1 aromatic rings. The van der Waals surface area contributed by atoms with Crippen molar-refractivity contribution < 1.29 is 18.5 Å². The van der Waals surface area contributed by atoms with Gasteiger partial charge in [0, 0.05) is 6.07 Å². The van der Waals surface area contributed by atoms with Crippen molar-refractivity contribution in [3.05, 3.63) is 17.5 Å². The number of nitrogens with zero attached hydrogens (tertiary/aromatic N) is 1. The van der Waals surface area contributed by atoms with E-state index in [0.29, 0.717) is 11.5 Å². The van der Waals surface area contributed by atoms with Crippen LogP contribution in [0.4, 0.5) is 0 Å². The Hall–Kier alpha value is -0.640. The maximum absolute atomic E-state index is 11.2. The van der Waals surface area contributed by atoms with Gasteiger partial charge in [0.05, 0.1) is 18.5 Å². The van der Waals surface area contributed by atoms with Gasteiger partial charge in [-0.05, 0) is 13.8 Å². The zero-order chi connectivity index (χ0) is 9.90. The van der Waals surface area contributed by atoms with Crippen molar-refractivity contribution in [3.8, 4) is 0 Å². The molecule has 0 spiro atoms. The summed E-state index contributed by atoms with van der Waals surface area (Å²) in [4.78, 5) is 9.23. The molecule has 0 fully saturated rings. The van der Waals surface area contributed by atoms with Crippen LogP contribution < -0.4 is 0 Å². The quantitative estimate of drug-likeness (QED) is 0.757. The average molecular weight is 205 g/mol. The van der Waals surface area contributed by atoms with E-state index >= 15 is 0 Å². The molecule has 0 aliphatic rings. The molecule has 1 rings (SSSR count). The first-order chi connectivity index (χ1) is 6.03. The summed E-state index contributed by atoms with van der Waals surface area (Å²) in [5.41, 5.74) is 0.441. The van der Waals surface area contributed by atoms with Crippen LogP contribution in [0.25, 0.3) is 0 Å². The molecule has 0 aromatic carbocycles. The fourth-order valence-corrected chi connectivity index (χ4v) is 2.00. The van der Waals surface area contributed by atoms with Crippen LogP contribution in [-0.4, -0.2) is 16.7 Å². The summed E-state index contributed by atoms with van der Waals surface area (Å²) in [6.45, 7) is 3.60. The van der Waals surface area contributed by atoms with Gasteiger partial charge in [-0.25, -0.2) is 0 Å². The van der Waals surface area contributed by atoms with Crippen LogP contribution in [0.3, 0.4) is 0 Å². The van der Waals surface area contributed by atoms with Crippen molar-refractivity contribution in [1.82, 2.24) is 5.16 Å². The van der Waals surface area contributed by atoms with Crippen molar-refractivity contribution >= 4 is 7.60 Å². The third kappa shape index (κ3) is 3.30. The fourth-order valence-electron chi connectivity index (χ4n) is 0.945. The van der Waals surface area contributed by atoms with Crippen molar-refractivity contribution in [2.24, 2.45) is 0 Å². The summed E-state index contributed by atoms with van der Waals surface area (Å²) in [5, 5.41) is 3.60. The van der Waals surface area contributed by atoms with E-state index in [2.05, 4.69) is 9.68 Å². The molecule has 74 valence electrons. The number of aromatic nitrogens is 1. The predicted octanol–water partition coefficient (Wildman–Crippen LogP) is 1.70. The molecule has 1 N–H and O–H groups in total. The number of rotatable bonds is 4. The van der Waals surface area contributed by atoms with Gasteiger partial charge in [0.25, 0.3) is 0 Å². The van der Waals surface area contributed by atoms with Crippen molar-refractivity contribution in [1.29, 1.82) is 0 Å². The van der Waals surface area contributed by atoms with Gasteiger partial charge in [0.2, 0.25) is 0 Å². The number of hydrogen-bond acceptors (Lipinski definition) is 4. The third-order valence-electron chi connectivity index (χ3n) is 1.37. The number of hydrogen-bond donors (Lipinski definition) is 1. The van der Waals surface area contributed by atoms with Crippen LogP contribution in [0.1, 0.15) is 18.4 Å². The van der Waals surface area contributed by atoms with Gasteiger partial charge in [0.1, 0.15) is 5.76 Å². The van der Waals surface area contributed by atoms with Gasteiger partial charge in [0.15, 0.2) is 0 Å². The predicted molar refractivity (Wildman–Crippen MR) is 46.4 cm³/mol. The minimum Gasteiger partial charge on any atom is -0.361 e. The summed E-state index contributed by atoms with van der Waals surface area (Å²) in [5.74, 6) is 0.617. The van der Waals surface area contributed by atoms with E-state index in [1.807, 2.05) is 0 Å². The van der Waals surface area contributed by atoms with Crippen LogP contribution in [0.2, 0.25) is 0 Å². The molecule has 0 saturated carbocycles. The lowest BCUT2D eigenvalue weighted by Crippen LogP contribution is -1.93. The van der Waals surface area contributed by atoms with Gasteiger partial charge in [-0.3, -0.25) is 4.57 Å². The van der Waals surface area contributed by atoms with Crippen molar-refractivity contribution in [2.45, 2.75) is 20.0 Å². The monoisotopic (exact) mass is 205 g/mol. The zero-order valence-electron chi connectivity index (χ0n) is 7.56. The molecule has 0 amide bonds. The topological polar surface area (TPSA) is 72.6 Å². The van der Waals surface area contributed by atoms with Crippen LogP contribution in [0, 0.1) is 6.92 Å². The maximum Gasteiger partial charge on any atom is 0.334 e.